The first-order valence-electron chi connectivity index (χ1n) is 4.17. The molecule has 1 unspecified atom stereocenters. The van der Waals surface area contributed by atoms with Crippen molar-refractivity contribution in [1.82, 2.24) is 9.97 Å². The average Bonchev–Trinajstić information content (AvgIpc) is 2.71. The molecule has 2 rings (SSSR count). The van der Waals surface area contributed by atoms with Gasteiger partial charge in [-0.05, 0) is 23.8 Å². The van der Waals surface area contributed by atoms with Crippen LogP contribution in [0.15, 0.2) is 42.9 Å². The number of hydrogen-bond donors (Lipinski definition) is 2. The van der Waals surface area contributed by atoms with E-state index in [0.29, 0.717) is 0 Å². The van der Waals surface area contributed by atoms with Gasteiger partial charge in [-0.3, -0.25) is 4.98 Å². The zero-order valence-electron chi connectivity index (χ0n) is 7.14. The van der Waals surface area contributed by atoms with Crippen molar-refractivity contribution in [1.29, 1.82) is 0 Å². The standard InChI is InChI=1S/C10H11N3/c11-10(9-4-2-6-13-9)8-3-1-5-12-7-8/h1-7,10,13H,11H2. The lowest BCUT2D eigenvalue weighted by Crippen LogP contribution is -2.12. The minimum absolute atomic E-state index is 0.108. The molecule has 0 aliphatic heterocycles. The van der Waals surface area contributed by atoms with Crippen LogP contribution in [0.1, 0.15) is 17.3 Å². The molecule has 0 saturated heterocycles. The van der Waals surface area contributed by atoms with Gasteiger partial charge in [-0.15, -0.1) is 0 Å². The molecule has 1 atom stereocenters. The molecule has 0 fully saturated rings. The summed E-state index contributed by atoms with van der Waals surface area (Å²) in [4.78, 5) is 7.10. The fraction of sp³-hybridized carbons (Fsp3) is 0.100. The molecule has 0 saturated carbocycles. The number of H-pyrrole nitrogens is 1. The lowest BCUT2D eigenvalue weighted by Gasteiger charge is -2.08. The second kappa shape index (κ2) is 3.41. The van der Waals surface area contributed by atoms with Crippen LogP contribution in [0, 0.1) is 0 Å². The fourth-order valence-electron chi connectivity index (χ4n) is 1.28. The zero-order chi connectivity index (χ0) is 9.10. The number of aromatic nitrogens is 2. The first-order chi connectivity index (χ1) is 6.38. The van der Waals surface area contributed by atoms with E-state index in [4.69, 9.17) is 5.73 Å². The molecule has 13 heavy (non-hydrogen) atoms. The van der Waals surface area contributed by atoms with Crippen LogP contribution in [0.5, 0.6) is 0 Å². The van der Waals surface area contributed by atoms with E-state index in [-0.39, 0.29) is 6.04 Å². The quantitative estimate of drug-likeness (QED) is 0.722. The third kappa shape index (κ3) is 1.60. The lowest BCUT2D eigenvalue weighted by molar-refractivity contribution is 0.832. The molecule has 3 nitrogen and oxygen atoms in total. The Labute approximate surface area is 76.6 Å². The molecule has 2 heterocycles. The Morgan fingerprint density at radius 1 is 1.31 bits per heavy atom. The predicted octanol–water partition coefficient (Wildman–Crippen LogP) is 1.46. The van der Waals surface area contributed by atoms with Gasteiger partial charge in [-0.25, -0.2) is 0 Å². The first kappa shape index (κ1) is 8.01. The summed E-state index contributed by atoms with van der Waals surface area (Å²) in [6.45, 7) is 0. The van der Waals surface area contributed by atoms with E-state index in [1.54, 1.807) is 12.4 Å². The van der Waals surface area contributed by atoms with Crippen LogP contribution in [-0.2, 0) is 0 Å². The summed E-state index contributed by atoms with van der Waals surface area (Å²) in [7, 11) is 0. The van der Waals surface area contributed by atoms with E-state index in [1.807, 2.05) is 30.5 Å². The number of aromatic amines is 1. The van der Waals surface area contributed by atoms with Gasteiger partial charge in [0, 0.05) is 24.3 Å². The number of hydrogen-bond acceptors (Lipinski definition) is 2. The third-order valence-corrected chi connectivity index (χ3v) is 2.00. The smallest absolute Gasteiger partial charge is 0.0719 e. The van der Waals surface area contributed by atoms with Crippen molar-refractivity contribution in [3.63, 3.8) is 0 Å². The van der Waals surface area contributed by atoms with Gasteiger partial charge < -0.3 is 10.7 Å². The first-order valence-corrected chi connectivity index (χ1v) is 4.17. The van der Waals surface area contributed by atoms with Crippen molar-refractivity contribution in [3.05, 3.63) is 54.1 Å². The van der Waals surface area contributed by atoms with Crippen LogP contribution in [0.2, 0.25) is 0 Å². The van der Waals surface area contributed by atoms with E-state index in [2.05, 4.69) is 9.97 Å². The van der Waals surface area contributed by atoms with E-state index < -0.39 is 0 Å². The Kier molecular flexibility index (Phi) is 2.10. The maximum absolute atomic E-state index is 5.99. The van der Waals surface area contributed by atoms with Crippen LogP contribution in [-0.4, -0.2) is 9.97 Å². The maximum Gasteiger partial charge on any atom is 0.0719 e. The molecular weight excluding hydrogens is 162 g/mol. The van der Waals surface area contributed by atoms with Crippen molar-refractivity contribution in [2.75, 3.05) is 0 Å². The molecule has 0 aliphatic carbocycles. The van der Waals surface area contributed by atoms with Gasteiger partial charge in [0.05, 0.1) is 6.04 Å². The highest BCUT2D eigenvalue weighted by Crippen LogP contribution is 2.15. The van der Waals surface area contributed by atoms with E-state index >= 15 is 0 Å². The molecule has 0 aliphatic rings. The van der Waals surface area contributed by atoms with Gasteiger partial charge in [0.25, 0.3) is 0 Å². The minimum atomic E-state index is -0.108. The average molecular weight is 173 g/mol. The Bertz CT molecular complexity index is 353. The number of nitrogens with two attached hydrogens (primary N) is 1. The second-order valence-corrected chi connectivity index (χ2v) is 2.89. The van der Waals surface area contributed by atoms with Crippen LogP contribution < -0.4 is 5.73 Å². The summed E-state index contributed by atoms with van der Waals surface area (Å²) in [5, 5.41) is 0. The lowest BCUT2D eigenvalue weighted by atomic mass is 10.1. The van der Waals surface area contributed by atoms with Crippen molar-refractivity contribution in [2.45, 2.75) is 6.04 Å². The Morgan fingerprint density at radius 3 is 2.85 bits per heavy atom. The molecule has 3 heteroatoms. The Morgan fingerprint density at radius 2 is 2.23 bits per heavy atom. The molecule has 0 spiro atoms. The predicted molar refractivity (Wildman–Crippen MR) is 51.1 cm³/mol. The van der Waals surface area contributed by atoms with Gasteiger partial charge in [0.15, 0.2) is 0 Å². The minimum Gasteiger partial charge on any atom is -0.363 e. The molecule has 2 aromatic rings. The summed E-state index contributed by atoms with van der Waals surface area (Å²) in [5.74, 6) is 0. The second-order valence-electron chi connectivity index (χ2n) is 2.89. The third-order valence-electron chi connectivity index (χ3n) is 2.00. The van der Waals surface area contributed by atoms with Gasteiger partial charge in [0.2, 0.25) is 0 Å². The van der Waals surface area contributed by atoms with E-state index in [1.165, 1.54) is 0 Å². The highest BCUT2D eigenvalue weighted by atomic mass is 14.8. The summed E-state index contributed by atoms with van der Waals surface area (Å²) in [5.41, 5.74) is 8.02. The zero-order valence-corrected chi connectivity index (χ0v) is 7.14. The Hall–Kier alpha value is -1.61. The largest absolute Gasteiger partial charge is 0.363 e. The van der Waals surface area contributed by atoms with Gasteiger partial charge in [-0.2, -0.15) is 0 Å². The monoisotopic (exact) mass is 173 g/mol. The normalized spacial score (nSPS) is 12.7. The highest BCUT2D eigenvalue weighted by Gasteiger charge is 2.08. The van der Waals surface area contributed by atoms with Crippen molar-refractivity contribution in [3.8, 4) is 0 Å². The SMILES string of the molecule is NC(c1cccnc1)c1ccc[nH]1. The van der Waals surface area contributed by atoms with E-state index in [0.717, 1.165) is 11.3 Å². The number of nitrogens with zero attached hydrogens (tertiary/aromatic N) is 1. The van der Waals surface area contributed by atoms with Crippen molar-refractivity contribution < 1.29 is 0 Å². The van der Waals surface area contributed by atoms with Crippen molar-refractivity contribution in [2.24, 2.45) is 5.73 Å². The summed E-state index contributed by atoms with van der Waals surface area (Å²) in [6.07, 6.45) is 5.39. The van der Waals surface area contributed by atoms with Gasteiger partial charge >= 0.3 is 0 Å². The van der Waals surface area contributed by atoms with Gasteiger partial charge in [-0.1, -0.05) is 6.07 Å². The number of rotatable bonds is 2. The number of nitrogens with one attached hydrogen (secondary N) is 1. The summed E-state index contributed by atoms with van der Waals surface area (Å²) in [6, 6.07) is 7.66. The Balaban J connectivity index is 2.29. The highest BCUT2D eigenvalue weighted by molar-refractivity contribution is 5.24. The molecule has 0 aromatic carbocycles. The maximum atomic E-state index is 5.99. The fourth-order valence-corrected chi connectivity index (χ4v) is 1.28. The summed E-state index contributed by atoms with van der Waals surface area (Å²) < 4.78 is 0. The summed E-state index contributed by atoms with van der Waals surface area (Å²) >= 11 is 0. The molecule has 3 N–H and O–H groups in total. The molecule has 66 valence electrons. The molecule has 0 bridgehead atoms. The number of pyridine rings is 1. The molecular formula is C10H11N3. The van der Waals surface area contributed by atoms with Crippen LogP contribution in [0.4, 0.5) is 0 Å². The molecule has 0 amide bonds. The van der Waals surface area contributed by atoms with Crippen LogP contribution in [0.3, 0.4) is 0 Å². The van der Waals surface area contributed by atoms with Crippen LogP contribution in [0.25, 0.3) is 0 Å². The van der Waals surface area contributed by atoms with E-state index in [9.17, 15) is 0 Å². The van der Waals surface area contributed by atoms with Crippen molar-refractivity contribution >= 4 is 0 Å². The molecule has 2 aromatic heterocycles. The van der Waals surface area contributed by atoms with Crippen LogP contribution >= 0.6 is 0 Å². The topological polar surface area (TPSA) is 54.7 Å². The molecule has 0 radical (unpaired) electrons. The van der Waals surface area contributed by atoms with Gasteiger partial charge in [0.1, 0.15) is 0 Å².